The maximum absolute atomic E-state index is 10.9. The van der Waals surface area contributed by atoms with Crippen LogP contribution in [0.1, 0.15) is 19.3 Å². The molecular weight excluding hydrogens is 260 g/mol. The molecule has 0 aromatic rings. The molecule has 3 rings (SSSR count). The van der Waals surface area contributed by atoms with Crippen LogP contribution in [0.15, 0.2) is 0 Å². The van der Waals surface area contributed by atoms with Crippen molar-refractivity contribution in [2.75, 3.05) is 45.9 Å². The third-order valence-electron chi connectivity index (χ3n) is 4.65. The van der Waals surface area contributed by atoms with Crippen molar-refractivity contribution in [1.82, 2.24) is 9.80 Å². The van der Waals surface area contributed by atoms with Gasteiger partial charge in [-0.25, -0.2) is 4.79 Å². The molecule has 0 bridgehead atoms. The van der Waals surface area contributed by atoms with E-state index in [-0.39, 0.29) is 6.10 Å². The molecule has 0 amide bonds. The van der Waals surface area contributed by atoms with E-state index < -0.39 is 12.1 Å². The van der Waals surface area contributed by atoms with Gasteiger partial charge in [-0.05, 0) is 25.8 Å². The molecule has 1 N–H and O–H groups in total. The van der Waals surface area contributed by atoms with E-state index >= 15 is 0 Å². The fourth-order valence-corrected chi connectivity index (χ4v) is 3.53. The Morgan fingerprint density at radius 3 is 2.65 bits per heavy atom. The van der Waals surface area contributed by atoms with Gasteiger partial charge in [-0.2, -0.15) is 0 Å². The van der Waals surface area contributed by atoms with Crippen molar-refractivity contribution in [2.24, 2.45) is 0 Å². The SMILES string of the molecule is O=C(O)C1CCC(CN2CCC(N3CCOCC3)C2)O1. The Balaban J connectivity index is 1.43. The molecule has 114 valence electrons. The summed E-state index contributed by atoms with van der Waals surface area (Å²) in [6.07, 6.45) is 2.24. The van der Waals surface area contributed by atoms with Gasteiger partial charge in [0.1, 0.15) is 0 Å². The number of likely N-dealkylation sites (tertiary alicyclic amines) is 1. The molecule has 0 aliphatic carbocycles. The zero-order valence-corrected chi connectivity index (χ0v) is 11.9. The molecule has 3 atom stereocenters. The zero-order valence-electron chi connectivity index (χ0n) is 11.9. The normalized spacial score (nSPS) is 36.5. The van der Waals surface area contributed by atoms with E-state index in [4.69, 9.17) is 14.6 Å². The Morgan fingerprint density at radius 2 is 1.95 bits per heavy atom. The van der Waals surface area contributed by atoms with Crippen LogP contribution in [0.2, 0.25) is 0 Å². The summed E-state index contributed by atoms with van der Waals surface area (Å²) >= 11 is 0. The van der Waals surface area contributed by atoms with Crippen LogP contribution in [0.5, 0.6) is 0 Å². The lowest BCUT2D eigenvalue weighted by Gasteiger charge is -2.32. The largest absolute Gasteiger partial charge is 0.479 e. The van der Waals surface area contributed by atoms with Gasteiger partial charge in [0.15, 0.2) is 6.10 Å². The predicted octanol–water partition coefficient (Wildman–Crippen LogP) is 0.0251. The maximum Gasteiger partial charge on any atom is 0.332 e. The van der Waals surface area contributed by atoms with E-state index in [1.807, 2.05) is 0 Å². The second-order valence-corrected chi connectivity index (χ2v) is 6.01. The van der Waals surface area contributed by atoms with Gasteiger partial charge in [0.25, 0.3) is 0 Å². The Hall–Kier alpha value is -0.690. The molecular formula is C14H24N2O4. The van der Waals surface area contributed by atoms with Crippen LogP contribution in [-0.4, -0.2) is 85.1 Å². The van der Waals surface area contributed by atoms with Crippen molar-refractivity contribution >= 4 is 5.97 Å². The summed E-state index contributed by atoms with van der Waals surface area (Å²) in [4.78, 5) is 15.8. The molecule has 3 aliphatic heterocycles. The van der Waals surface area contributed by atoms with Crippen molar-refractivity contribution in [3.63, 3.8) is 0 Å². The van der Waals surface area contributed by atoms with Crippen molar-refractivity contribution < 1.29 is 19.4 Å². The Labute approximate surface area is 119 Å². The second kappa shape index (κ2) is 6.39. The lowest BCUT2D eigenvalue weighted by molar-refractivity contribution is -0.149. The Kier molecular flexibility index (Phi) is 4.55. The molecule has 3 saturated heterocycles. The molecule has 0 spiro atoms. The second-order valence-electron chi connectivity index (χ2n) is 6.01. The number of nitrogens with zero attached hydrogens (tertiary/aromatic N) is 2. The number of morpholine rings is 1. The minimum Gasteiger partial charge on any atom is -0.479 e. The zero-order chi connectivity index (χ0) is 13.9. The number of ether oxygens (including phenoxy) is 2. The Morgan fingerprint density at radius 1 is 1.15 bits per heavy atom. The molecule has 0 aromatic carbocycles. The lowest BCUT2D eigenvalue weighted by Crippen LogP contribution is -2.45. The summed E-state index contributed by atoms with van der Waals surface area (Å²) in [5, 5.41) is 8.95. The maximum atomic E-state index is 10.9. The highest BCUT2D eigenvalue weighted by molar-refractivity contribution is 5.72. The fraction of sp³-hybridized carbons (Fsp3) is 0.929. The van der Waals surface area contributed by atoms with Gasteiger partial charge in [0.05, 0.1) is 19.3 Å². The van der Waals surface area contributed by atoms with Crippen molar-refractivity contribution in [3.05, 3.63) is 0 Å². The fourth-order valence-electron chi connectivity index (χ4n) is 3.53. The molecule has 3 fully saturated rings. The summed E-state index contributed by atoms with van der Waals surface area (Å²) in [6.45, 7) is 6.84. The first-order valence-electron chi connectivity index (χ1n) is 7.65. The van der Waals surface area contributed by atoms with Crippen LogP contribution in [0.3, 0.4) is 0 Å². The van der Waals surface area contributed by atoms with Gasteiger partial charge in [-0.3, -0.25) is 9.80 Å². The lowest BCUT2D eigenvalue weighted by atomic mass is 10.2. The highest BCUT2D eigenvalue weighted by Gasteiger charge is 2.34. The first-order valence-corrected chi connectivity index (χ1v) is 7.65. The number of carboxylic acids is 1. The van der Waals surface area contributed by atoms with E-state index in [9.17, 15) is 4.79 Å². The summed E-state index contributed by atoms with van der Waals surface area (Å²) in [6, 6.07) is 0.635. The summed E-state index contributed by atoms with van der Waals surface area (Å²) in [5.41, 5.74) is 0. The predicted molar refractivity (Wildman–Crippen MR) is 72.8 cm³/mol. The molecule has 3 heterocycles. The van der Waals surface area contributed by atoms with Crippen LogP contribution in [0.25, 0.3) is 0 Å². The third kappa shape index (κ3) is 3.31. The first-order chi connectivity index (χ1) is 9.72. The van der Waals surface area contributed by atoms with Gasteiger partial charge in [-0.1, -0.05) is 0 Å². The quantitative estimate of drug-likeness (QED) is 0.785. The standard InChI is InChI=1S/C14H24N2O4/c17-14(18)13-2-1-12(20-13)10-15-4-3-11(9-15)16-5-7-19-8-6-16/h11-13H,1-10H2,(H,17,18). The average molecular weight is 284 g/mol. The summed E-state index contributed by atoms with van der Waals surface area (Å²) < 4.78 is 11.0. The van der Waals surface area contributed by atoms with Gasteiger partial charge in [-0.15, -0.1) is 0 Å². The van der Waals surface area contributed by atoms with Crippen molar-refractivity contribution in [3.8, 4) is 0 Å². The first kappa shape index (κ1) is 14.3. The van der Waals surface area contributed by atoms with Gasteiger partial charge >= 0.3 is 5.97 Å². The topological polar surface area (TPSA) is 62.2 Å². The number of aliphatic carboxylic acids is 1. The average Bonchev–Trinajstić information content (AvgIpc) is 3.10. The van der Waals surface area contributed by atoms with E-state index in [2.05, 4.69) is 9.80 Å². The minimum absolute atomic E-state index is 0.0968. The van der Waals surface area contributed by atoms with Crippen LogP contribution in [-0.2, 0) is 14.3 Å². The minimum atomic E-state index is -0.819. The molecule has 0 radical (unpaired) electrons. The van der Waals surface area contributed by atoms with Gasteiger partial charge in [0, 0.05) is 32.2 Å². The van der Waals surface area contributed by atoms with E-state index in [0.717, 1.165) is 52.4 Å². The third-order valence-corrected chi connectivity index (χ3v) is 4.65. The number of hydrogen-bond acceptors (Lipinski definition) is 5. The van der Waals surface area contributed by atoms with Crippen LogP contribution >= 0.6 is 0 Å². The van der Waals surface area contributed by atoms with E-state index in [1.165, 1.54) is 6.42 Å². The van der Waals surface area contributed by atoms with Crippen LogP contribution in [0.4, 0.5) is 0 Å². The highest BCUT2D eigenvalue weighted by atomic mass is 16.5. The number of rotatable bonds is 4. The molecule has 6 nitrogen and oxygen atoms in total. The molecule has 3 unspecified atom stereocenters. The molecule has 20 heavy (non-hydrogen) atoms. The summed E-state index contributed by atoms with van der Waals surface area (Å²) in [7, 11) is 0. The number of hydrogen-bond donors (Lipinski definition) is 1. The number of carboxylic acid groups (broad SMARTS) is 1. The monoisotopic (exact) mass is 284 g/mol. The van der Waals surface area contributed by atoms with Crippen molar-refractivity contribution in [2.45, 2.75) is 37.5 Å². The molecule has 0 saturated carbocycles. The molecule has 0 aromatic heterocycles. The van der Waals surface area contributed by atoms with Crippen molar-refractivity contribution in [1.29, 1.82) is 0 Å². The van der Waals surface area contributed by atoms with E-state index in [1.54, 1.807) is 0 Å². The van der Waals surface area contributed by atoms with E-state index in [0.29, 0.717) is 12.5 Å². The van der Waals surface area contributed by atoms with Gasteiger partial charge in [0.2, 0.25) is 0 Å². The number of carbonyl (C=O) groups is 1. The molecule has 3 aliphatic rings. The molecule has 6 heteroatoms. The van der Waals surface area contributed by atoms with Gasteiger partial charge < -0.3 is 14.6 Å². The van der Waals surface area contributed by atoms with Crippen LogP contribution in [0, 0.1) is 0 Å². The summed E-state index contributed by atoms with van der Waals surface area (Å²) in [5.74, 6) is -0.819. The highest BCUT2D eigenvalue weighted by Crippen LogP contribution is 2.23. The Bertz CT molecular complexity index is 346. The smallest absolute Gasteiger partial charge is 0.332 e. The van der Waals surface area contributed by atoms with Crippen LogP contribution < -0.4 is 0 Å².